The molecule has 1 aromatic heterocycles. The molecule has 0 aliphatic carbocycles. The Balaban J connectivity index is 1.87. The molecule has 2 unspecified atom stereocenters. The van der Waals surface area contributed by atoms with E-state index in [1.807, 2.05) is 13.8 Å². The van der Waals surface area contributed by atoms with Gasteiger partial charge >= 0.3 is 6.03 Å². The minimum Gasteiger partial charge on any atom is -0.481 e. The third-order valence-corrected chi connectivity index (χ3v) is 5.43. The van der Waals surface area contributed by atoms with Crippen LogP contribution in [0, 0.1) is 5.92 Å². The van der Waals surface area contributed by atoms with E-state index < -0.39 is 12.3 Å². The lowest BCUT2D eigenvalue weighted by Crippen LogP contribution is -2.34. The SMILES string of the molecule is CC(C)C(Oc1cc(Cl)ccc1Cl)c1nnc(N2C(=O)N(C)CC2O)s1. The molecule has 3 rings (SSSR count). The zero-order valence-corrected chi connectivity index (χ0v) is 16.7. The van der Waals surface area contributed by atoms with E-state index in [0.717, 1.165) is 0 Å². The molecule has 140 valence electrons. The summed E-state index contributed by atoms with van der Waals surface area (Å²) in [6.45, 7) is 4.18. The van der Waals surface area contributed by atoms with Crippen molar-refractivity contribution in [3.05, 3.63) is 33.3 Å². The number of hydrogen-bond acceptors (Lipinski definition) is 6. The molecule has 26 heavy (non-hydrogen) atoms. The van der Waals surface area contributed by atoms with E-state index >= 15 is 0 Å². The molecule has 1 saturated heterocycles. The van der Waals surface area contributed by atoms with Crippen molar-refractivity contribution < 1.29 is 14.6 Å². The number of aromatic nitrogens is 2. The summed E-state index contributed by atoms with van der Waals surface area (Å²) in [6.07, 6.45) is -1.38. The van der Waals surface area contributed by atoms with Crippen molar-refractivity contribution >= 4 is 45.7 Å². The van der Waals surface area contributed by atoms with Crippen molar-refractivity contribution in [2.75, 3.05) is 18.5 Å². The third-order valence-electron chi connectivity index (χ3n) is 3.90. The maximum Gasteiger partial charge on any atom is 0.328 e. The number of β-amino-alcohol motifs (C(OH)–C–C–N with tert-alkyl or cyclic N) is 1. The van der Waals surface area contributed by atoms with Crippen LogP contribution in [0.15, 0.2) is 18.2 Å². The van der Waals surface area contributed by atoms with E-state index in [0.29, 0.717) is 25.9 Å². The summed E-state index contributed by atoms with van der Waals surface area (Å²) in [5.41, 5.74) is 0. The Morgan fingerprint density at radius 3 is 2.69 bits per heavy atom. The Hall–Kier alpha value is -1.61. The second-order valence-electron chi connectivity index (χ2n) is 6.29. The lowest BCUT2D eigenvalue weighted by Gasteiger charge is -2.21. The van der Waals surface area contributed by atoms with Crippen LogP contribution < -0.4 is 9.64 Å². The first-order valence-corrected chi connectivity index (χ1v) is 9.52. The molecule has 1 N–H and O–H groups in total. The number of carbonyl (C=O) groups is 1. The molecule has 7 nitrogen and oxygen atoms in total. The summed E-state index contributed by atoms with van der Waals surface area (Å²) in [6, 6.07) is 4.67. The highest BCUT2D eigenvalue weighted by molar-refractivity contribution is 7.15. The van der Waals surface area contributed by atoms with Gasteiger partial charge in [0.25, 0.3) is 0 Å². The smallest absolute Gasteiger partial charge is 0.328 e. The number of amides is 2. The van der Waals surface area contributed by atoms with Gasteiger partial charge in [0.05, 0.1) is 11.6 Å². The molecule has 1 aliphatic rings. The predicted octanol–water partition coefficient (Wildman–Crippen LogP) is 3.81. The minimum absolute atomic E-state index is 0.0627. The lowest BCUT2D eigenvalue weighted by atomic mass is 10.1. The van der Waals surface area contributed by atoms with Gasteiger partial charge in [-0.2, -0.15) is 0 Å². The number of halogens is 2. The number of aliphatic hydroxyl groups excluding tert-OH is 1. The monoisotopic (exact) mass is 416 g/mol. The zero-order valence-electron chi connectivity index (χ0n) is 14.4. The fourth-order valence-electron chi connectivity index (χ4n) is 2.54. The zero-order chi connectivity index (χ0) is 19.0. The highest BCUT2D eigenvalue weighted by Gasteiger charge is 2.38. The van der Waals surface area contributed by atoms with Crippen molar-refractivity contribution in [1.82, 2.24) is 15.1 Å². The maximum atomic E-state index is 12.2. The fourth-order valence-corrected chi connectivity index (χ4v) is 3.95. The molecule has 0 saturated carbocycles. The molecule has 1 aromatic carbocycles. The van der Waals surface area contributed by atoms with Gasteiger partial charge in [0.1, 0.15) is 5.75 Å². The first-order valence-electron chi connectivity index (χ1n) is 7.95. The standard InChI is InChI=1S/C16H18Cl2N4O3S/c1-8(2)13(25-11-6-9(17)4-5-10(11)18)14-19-20-15(26-14)22-12(23)7-21(3)16(22)24/h4-6,8,12-13,23H,7H2,1-3H3. The molecule has 0 bridgehead atoms. The number of aliphatic hydroxyl groups is 1. The Kier molecular flexibility index (Phi) is 5.57. The summed E-state index contributed by atoms with van der Waals surface area (Å²) in [5, 5.41) is 20.2. The summed E-state index contributed by atoms with van der Waals surface area (Å²) in [4.78, 5) is 14.8. The predicted molar refractivity (Wildman–Crippen MR) is 101 cm³/mol. The van der Waals surface area contributed by atoms with Gasteiger partial charge in [0.2, 0.25) is 5.13 Å². The molecule has 2 aromatic rings. The molecule has 2 atom stereocenters. The van der Waals surface area contributed by atoms with Crippen molar-refractivity contribution in [3.8, 4) is 5.75 Å². The van der Waals surface area contributed by atoms with Gasteiger partial charge in [-0.25, -0.2) is 9.69 Å². The highest BCUT2D eigenvalue weighted by atomic mass is 35.5. The third kappa shape index (κ3) is 3.73. The number of nitrogens with zero attached hydrogens (tertiary/aromatic N) is 4. The Morgan fingerprint density at radius 1 is 1.35 bits per heavy atom. The van der Waals surface area contributed by atoms with Crippen LogP contribution in [0.5, 0.6) is 5.75 Å². The number of hydrogen-bond donors (Lipinski definition) is 1. The van der Waals surface area contributed by atoms with Crippen molar-refractivity contribution in [1.29, 1.82) is 0 Å². The van der Waals surface area contributed by atoms with Crippen LogP contribution in [-0.2, 0) is 0 Å². The topological polar surface area (TPSA) is 78.8 Å². The number of anilines is 1. The van der Waals surface area contributed by atoms with E-state index in [1.165, 1.54) is 21.1 Å². The molecule has 10 heteroatoms. The van der Waals surface area contributed by atoms with Crippen LogP contribution in [0.1, 0.15) is 25.0 Å². The number of urea groups is 1. The van der Waals surface area contributed by atoms with Crippen LogP contribution >= 0.6 is 34.5 Å². The minimum atomic E-state index is -0.950. The van der Waals surface area contributed by atoms with Crippen molar-refractivity contribution in [2.45, 2.75) is 26.2 Å². The molecular weight excluding hydrogens is 399 g/mol. The van der Waals surface area contributed by atoms with Gasteiger partial charge < -0.3 is 14.7 Å². The largest absolute Gasteiger partial charge is 0.481 e. The fraction of sp³-hybridized carbons (Fsp3) is 0.438. The molecule has 0 radical (unpaired) electrons. The average Bonchev–Trinajstić information content (AvgIpc) is 3.13. The number of carbonyl (C=O) groups excluding carboxylic acids is 1. The Bertz CT molecular complexity index is 817. The Labute approximate surface area is 165 Å². The van der Waals surface area contributed by atoms with Gasteiger partial charge in [0.15, 0.2) is 17.3 Å². The summed E-state index contributed by atoms with van der Waals surface area (Å²) >= 11 is 13.4. The first-order chi connectivity index (χ1) is 12.3. The quantitative estimate of drug-likeness (QED) is 0.801. The van der Waals surface area contributed by atoms with E-state index in [-0.39, 0.29) is 18.5 Å². The molecule has 2 amide bonds. The van der Waals surface area contributed by atoms with E-state index in [2.05, 4.69) is 10.2 Å². The molecule has 2 heterocycles. The highest BCUT2D eigenvalue weighted by Crippen LogP contribution is 2.37. The van der Waals surface area contributed by atoms with E-state index in [4.69, 9.17) is 27.9 Å². The van der Waals surface area contributed by atoms with E-state index in [9.17, 15) is 9.90 Å². The second-order valence-corrected chi connectivity index (χ2v) is 8.12. The second kappa shape index (κ2) is 7.56. The Morgan fingerprint density at radius 2 is 2.08 bits per heavy atom. The molecule has 1 aliphatic heterocycles. The van der Waals surface area contributed by atoms with E-state index in [1.54, 1.807) is 25.2 Å². The van der Waals surface area contributed by atoms with Crippen LogP contribution in [-0.4, -0.2) is 46.1 Å². The van der Waals surface area contributed by atoms with Crippen molar-refractivity contribution in [3.63, 3.8) is 0 Å². The van der Waals surface area contributed by atoms with Crippen LogP contribution in [0.3, 0.4) is 0 Å². The normalized spacial score (nSPS) is 18.7. The summed E-state index contributed by atoms with van der Waals surface area (Å²) < 4.78 is 6.04. The summed E-state index contributed by atoms with van der Waals surface area (Å²) in [5.74, 6) is 0.513. The van der Waals surface area contributed by atoms with Gasteiger partial charge in [-0.05, 0) is 18.1 Å². The van der Waals surface area contributed by atoms with Crippen molar-refractivity contribution in [2.24, 2.45) is 5.92 Å². The number of likely N-dealkylation sites (N-methyl/N-ethyl adjacent to an activating group) is 1. The molecular formula is C16H18Cl2N4O3S. The first kappa shape index (κ1) is 19.2. The lowest BCUT2D eigenvalue weighted by molar-refractivity contribution is 0.152. The van der Waals surface area contributed by atoms with Gasteiger partial charge in [-0.3, -0.25) is 0 Å². The average molecular weight is 417 g/mol. The number of benzene rings is 1. The van der Waals surface area contributed by atoms with Gasteiger partial charge in [-0.15, -0.1) is 10.2 Å². The van der Waals surface area contributed by atoms with Gasteiger partial charge in [-0.1, -0.05) is 48.4 Å². The summed E-state index contributed by atoms with van der Waals surface area (Å²) in [7, 11) is 1.62. The van der Waals surface area contributed by atoms with Gasteiger partial charge in [0, 0.05) is 18.1 Å². The van der Waals surface area contributed by atoms with Crippen LogP contribution in [0.2, 0.25) is 10.0 Å². The van der Waals surface area contributed by atoms with Crippen LogP contribution in [0.4, 0.5) is 9.93 Å². The molecule has 0 spiro atoms. The number of ether oxygens (including phenoxy) is 1. The van der Waals surface area contributed by atoms with Crippen LogP contribution in [0.25, 0.3) is 0 Å². The number of rotatable bonds is 5. The maximum absolute atomic E-state index is 12.2. The molecule has 1 fully saturated rings.